The van der Waals surface area contributed by atoms with Gasteiger partial charge in [-0.1, -0.05) is 6.07 Å². The Bertz CT molecular complexity index is 467. The number of hydrogen-bond acceptors (Lipinski definition) is 3. The maximum atomic E-state index is 9.26. The average Bonchev–Trinajstić information content (AvgIpc) is 2.41. The van der Waals surface area contributed by atoms with Gasteiger partial charge in [-0.15, -0.1) is 11.6 Å². The van der Waals surface area contributed by atoms with E-state index in [4.69, 9.17) is 11.6 Å². The lowest BCUT2D eigenvalue weighted by molar-refractivity contribution is 0.234. The van der Waals surface area contributed by atoms with Crippen LogP contribution in [0.4, 0.5) is 5.69 Å². The monoisotopic (exact) mass is 263 g/mol. The number of nitrogens with zero attached hydrogens (tertiary/aromatic N) is 3. The molecule has 3 nitrogen and oxygen atoms in total. The number of halogens is 1. The molecule has 0 radical (unpaired) electrons. The Hall–Kier alpha value is -1.24. The molecule has 0 saturated carbocycles. The molecule has 1 aromatic rings. The predicted molar refractivity (Wildman–Crippen MR) is 75.0 cm³/mol. The van der Waals surface area contributed by atoms with Crippen molar-refractivity contribution in [3.8, 4) is 6.07 Å². The molecule has 0 amide bonds. The lowest BCUT2D eigenvalue weighted by Gasteiger charge is -2.39. The summed E-state index contributed by atoms with van der Waals surface area (Å²) < 4.78 is 0. The van der Waals surface area contributed by atoms with Crippen LogP contribution in [0.5, 0.6) is 0 Å². The predicted octanol–water partition coefficient (Wildman–Crippen LogP) is 2.44. The van der Waals surface area contributed by atoms with Crippen molar-refractivity contribution in [1.29, 1.82) is 5.26 Å². The van der Waals surface area contributed by atoms with Crippen LogP contribution in [0.3, 0.4) is 0 Å². The number of likely N-dealkylation sites (N-methyl/N-ethyl adjacent to an activating group) is 1. The van der Waals surface area contributed by atoms with Gasteiger partial charge in [-0.05, 0) is 31.7 Å². The maximum absolute atomic E-state index is 9.26. The topological polar surface area (TPSA) is 30.3 Å². The van der Waals surface area contributed by atoms with Gasteiger partial charge in [-0.25, -0.2) is 0 Å². The second-order valence-electron chi connectivity index (χ2n) is 4.87. The summed E-state index contributed by atoms with van der Waals surface area (Å²) >= 11 is 5.81. The molecule has 1 aromatic carbocycles. The first-order valence-corrected chi connectivity index (χ1v) is 6.73. The van der Waals surface area contributed by atoms with Crippen LogP contribution in [0.1, 0.15) is 18.1 Å². The Morgan fingerprint density at radius 3 is 2.83 bits per heavy atom. The van der Waals surface area contributed by atoms with Gasteiger partial charge in [0.25, 0.3) is 0 Å². The quantitative estimate of drug-likeness (QED) is 0.768. The molecule has 1 saturated heterocycles. The summed E-state index contributed by atoms with van der Waals surface area (Å²) in [6.45, 7) is 5.18. The van der Waals surface area contributed by atoms with Crippen molar-refractivity contribution in [3.63, 3.8) is 0 Å². The Kier molecular flexibility index (Phi) is 4.11. The average molecular weight is 264 g/mol. The van der Waals surface area contributed by atoms with E-state index in [0.29, 0.717) is 11.9 Å². The molecule has 1 heterocycles. The molecular formula is C14H18ClN3. The van der Waals surface area contributed by atoms with Gasteiger partial charge in [-0.3, -0.25) is 0 Å². The largest absolute Gasteiger partial charge is 0.368 e. The summed E-state index contributed by atoms with van der Waals surface area (Å²) in [6.07, 6.45) is 0. The summed E-state index contributed by atoms with van der Waals surface area (Å²) in [5, 5.41) is 9.26. The van der Waals surface area contributed by atoms with Gasteiger partial charge in [0.1, 0.15) is 6.07 Å². The van der Waals surface area contributed by atoms with Gasteiger partial charge in [0.2, 0.25) is 0 Å². The zero-order valence-corrected chi connectivity index (χ0v) is 11.6. The van der Waals surface area contributed by atoms with Gasteiger partial charge in [-0.2, -0.15) is 5.26 Å². The third-order valence-corrected chi connectivity index (χ3v) is 3.94. The summed E-state index contributed by atoms with van der Waals surface area (Å²) in [6, 6.07) is 8.71. The number of rotatable bonds is 2. The molecule has 1 unspecified atom stereocenters. The fourth-order valence-corrected chi connectivity index (χ4v) is 2.47. The van der Waals surface area contributed by atoms with Crippen molar-refractivity contribution in [2.75, 3.05) is 31.6 Å². The zero-order chi connectivity index (χ0) is 13.1. The molecule has 18 heavy (non-hydrogen) atoms. The first kappa shape index (κ1) is 13.2. The number of piperazine rings is 1. The molecular weight excluding hydrogens is 246 g/mol. The number of benzene rings is 1. The molecule has 2 rings (SSSR count). The molecule has 1 fully saturated rings. The van der Waals surface area contributed by atoms with Crippen LogP contribution in [0.15, 0.2) is 18.2 Å². The normalized spacial score (nSPS) is 20.8. The second-order valence-corrected chi connectivity index (χ2v) is 5.14. The molecule has 0 aromatic heterocycles. The first-order chi connectivity index (χ1) is 8.65. The molecule has 96 valence electrons. The van der Waals surface area contributed by atoms with Gasteiger partial charge >= 0.3 is 0 Å². The third kappa shape index (κ3) is 2.60. The lowest BCUT2D eigenvalue weighted by Crippen LogP contribution is -2.50. The van der Waals surface area contributed by atoms with E-state index in [1.54, 1.807) is 0 Å². The molecule has 1 atom stereocenters. The van der Waals surface area contributed by atoms with E-state index < -0.39 is 0 Å². The van der Waals surface area contributed by atoms with Crippen LogP contribution < -0.4 is 4.90 Å². The molecule has 4 heteroatoms. The van der Waals surface area contributed by atoms with Crippen molar-refractivity contribution >= 4 is 17.3 Å². The molecule has 1 aliphatic heterocycles. The fraction of sp³-hybridized carbons (Fsp3) is 0.500. The summed E-state index contributed by atoms with van der Waals surface area (Å²) in [7, 11) is 2.14. The first-order valence-electron chi connectivity index (χ1n) is 6.20. The van der Waals surface area contributed by atoms with Crippen LogP contribution in [-0.4, -0.2) is 37.6 Å². The van der Waals surface area contributed by atoms with Crippen LogP contribution in [0.25, 0.3) is 0 Å². The van der Waals surface area contributed by atoms with E-state index in [1.807, 2.05) is 18.2 Å². The second kappa shape index (κ2) is 5.60. The number of hydrogen-bond donors (Lipinski definition) is 0. The van der Waals surface area contributed by atoms with Gasteiger partial charge in [0, 0.05) is 31.6 Å². The minimum atomic E-state index is 0.452. The lowest BCUT2D eigenvalue weighted by atomic mass is 10.1. The summed E-state index contributed by atoms with van der Waals surface area (Å²) in [5.74, 6) is 0.452. The molecule has 0 spiro atoms. The van der Waals surface area contributed by atoms with Crippen LogP contribution in [0, 0.1) is 11.3 Å². The van der Waals surface area contributed by atoms with Gasteiger partial charge < -0.3 is 9.80 Å². The number of nitriles is 1. The number of alkyl halides is 1. The minimum Gasteiger partial charge on any atom is -0.368 e. The van der Waals surface area contributed by atoms with Gasteiger partial charge in [0.05, 0.1) is 11.3 Å². The third-order valence-electron chi connectivity index (χ3n) is 3.64. The highest BCUT2D eigenvalue weighted by molar-refractivity contribution is 6.17. The highest BCUT2D eigenvalue weighted by Gasteiger charge is 2.22. The van der Waals surface area contributed by atoms with Crippen molar-refractivity contribution in [2.24, 2.45) is 0 Å². The Balaban J connectivity index is 2.26. The van der Waals surface area contributed by atoms with E-state index in [-0.39, 0.29) is 0 Å². The van der Waals surface area contributed by atoms with E-state index in [2.05, 4.69) is 29.8 Å². The fourth-order valence-electron chi connectivity index (χ4n) is 2.30. The molecule has 0 bridgehead atoms. The number of anilines is 1. The highest BCUT2D eigenvalue weighted by atomic mass is 35.5. The molecule has 1 aliphatic rings. The smallest absolute Gasteiger partial charge is 0.101 e. The van der Waals surface area contributed by atoms with Crippen molar-refractivity contribution < 1.29 is 0 Å². The van der Waals surface area contributed by atoms with Crippen molar-refractivity contribution in [3.05, 3.63) is 29.3 Å². The minimum absolute atomic E-state index is 0.452. The van der Waals surface area contributed by atoms with Crippen LogP contribution >= 0.6 is 11.6 Å². The van der Waals surface area contributed by atoms with Crippen LogP contribution in [0.2, 0.25) is 0 Å². The van der Waals surface area contributed by atoms with E-state index in [0.717, 1.165) is 36.4 Å². The summed E-state index contributed by atoms with van der Waals surface area (Å²) in [5.41, 5.74) is 2.76. The van der Waals surface area contributed by atoms with Crippen molar-refractivity contribution in [2.45, 2.75) is 18.8 Å². The van der Waals surface area contributed by atoms with E-state index in [1.165, 1.54) is 0 Å². The Morgan fingerprint density at radius 2 is 2.22 bits per heavy atom. The molecule has 0 N–H and O–H groups in total. The summed E-state index contributed by atoms with van der Waals surface area (Å²) in [4.78, 5) is 4.64. The van der Waals surface area contributed by atoms with Crippen molar-refractivity contribution in [1.82, 2.24) is 4.90 Å². The SMILES string of the molecule is CC1CN(c2ccc(CCl)cc2C#N)CCN1C. The zero-order valence-electron chi connectivity index (χ0n) is 10.9. The highest BCUT2D eigenvalue weighted by Crippen LogP contribution is 2.24. The Morgan fingerprint density at radius 1 is 1.44 bits per heavy atom. The molecule has 0 aliphatic carbocycles. The maximum Gasteiger partial charge on any atom is 0.101 e. The van der Waals surface area contributed by atoms with Crippen LogP contribution in [-0.2, 0) is 5.88 Å². The van der Waals surface area contributed by atoms with E-state index in [9.17, 15) is 5.26 Å². The van der Waals surface area contributed by atoms with Gasteiger partial charge in [0.15, 0.2) is 0 Å². The van der Waals surface area contributed by atoms with E-state index >= 15 is 0 Å². The standard InChI is InChI=1S/C14H18ClN3/c1-11-10-18(6-5-17(11)2)14-4-3-12(8-15)7-13(14)9-16/h3-4,7,11H,5-6,8,10H2,1-2H3. The Labute approximate surface area is 114 Å².